The molecule has 0 aliphatic carbocycles. The van der Waals surface area contributed by atoms with Crippen molar-refractivity contribution in [2.45, 2.75) is 33.4 Å². The lowest BCUT2D eigenvalue weighted by Gasteiger charge is -2.03. The fourth-order valence-electron chi connectivity index (χ4n) is 1.60. The molecule has 0 spiro atoms. The van der Waals surface area contributed by atoms with Gasteiger partial charge in [0, 0.05) is 37.8 Å². The van der Waals surface area contributed by atoms with Crippen LogP contribution in [0.4, 0.5) is 0 Å². The number of aromatic nitrogens is 1. The number of nitrogens with zero attached hydrogens (tertiary/aromatic N) is 1. The van der Waals surface area contributed by atoms with Gasteiger partial charge in [-0.25, -0.2) is 8.42 Å². The van der Waals surface area contributed by atoms with Crippen molar-refractivity contribution in [1.29, 1.82) is 0 Å². The van der Waals surface area contributed by atoms with Crippen LogP contribution < -0.4 is 5.32 Å². The number of sulfone groups is 1. The summed E-state index contributed by atoms with van der Waals surface area (Å²) >= 11 is 0. The van der Waals surface area contributed by atoms with E-state index in [0.717, 1.165) is 19.5 Å². The molecule has 1 N–H and O–H groups in total. The lowest BCUT2D eigenvalue weighted by molar-refractivity contribution is 0.591. The average molecular weight is 258 g/mol. The molecule has 17 heavy (non-hydrogen) atoms. The standard InChI is InChI=1S/C12H22N2O2S/c1-3-7-14-8-5-12(11-14)10-13-6-9-17(15,16)4-2/h5,8,11,13H,3-4,6-7,9-10H2,1-2H3. The van der Waals surface area contributed by atoms with E-state index in [1.165, 1.54) is 5.56 Å². The summed E-state index contributed by atoms with van der Waals surface area (Å²) in [6.45, 7) is 6.11. The highest BCUT2D eigenvalue weighted by Gasteiger charge is 2.06. The van der Waals surface area contributed by atoms with Gasteiger partial charge in [-0.15, -0.1) is 0 Å². The largest absolute Gasteiger partial charge is 0.354 e. The first-order valence-electron chi connectivity index (χ1n) is 6.13. The van der Waals surface area contributed by atoms with E-state index in [9.17, 15) is 8.42 Å². The van der Waals surface area contributed by atoms with Crippen molar-refractivity contribution in [3.8, 4) is 0 Å². The zero-order valence-corrected chi connectivity index (χ0v) is 11.5. The van der Waals surface area contributed by atoms with Gasteiger partial charge >= 0.3 is 0 Å². The van der Waals surface area contributed by atoms with Gasteiger partial charge in [0.1, 0.15) is 0 Å². The van der Waals surface area contributed by atoms with Gasteiger partial charge < -0.3 is 9.88 Å². The van der Waals surface area contributed by atoms with Gasteiger partial charge in [0.2, 0.25) is 0 Å². The Morgan fingerprint density at radius 1 is 1.35 bits per heavy atom. The first kappa shape index (κ1) is 14.3. The van der Waals surface area contributed by atoms with E-state index in [4.69, 9.17) is 0 Å². The molecule has 0 atom stereocenters. The summed E-state index contributed by atoms with van der Waals surface area (Å²) in [6, 6.07) is 2.07. The molecule has 0 unspecified atom stereocenters. The Morgan fingerprint density at radius 2 is 2.12 bits per heavy atom. The summed E-state index contributed by atoms with van der Waals surface area (Å²) in [7, 11) is -2.85. The van der Waals surface area contributed by atoms with E-state index in [2.05, 4.69) is 35.3 Å². The van der Waals surface area contributed by atoms with Crippen LogP contribution in [-0.2, 0) is 22.9 Å². The van der Waals surface area contributed by atoms with Crippen LogP contribution in [0, 0.1) is 0 Å². The third-order valence-electron chi connectivity index (χ3n) is 2.65. The second-order valence-corrected chi connectivity index (χ2v) is 6.64. The average Bonchev–Trinajstić information content (AvgIpc) is 2.73. The summed E-state index contributed by atoms with van der Waals surface area (Å²) in [6.07, 6.45) is 5.28. The highest BCUT2D eigenvalue weighted by atomic mass is 32.2. The van der Waals surface area contributed by atoms with Crippen LogP contribution in [0.15, 0.2) is 18.5 Å². The van der Waals surface area contributed by atoms with Gasteiger partial charge in [-0.3, -0.25) is 0 Å². The van der Waals surface area contributed by atoms with Gasteiger partial charge in [0.15, 0.2) is 9.84 Å². The molecule has 1 rings (SSSR count). The quantitative estimate of drug-likeness (QED) is 0.718. The Hall–Kier alpha value is -0.810. The van der Waals surface area contributed by atoms with Crippen LogP contribution >= 0.6 is 0 Å². The molecule has 4 nitrogen and oxygen atoms in total. The fraction of sp³-hybridized carbons (Fsp3) is 0.667. The molecular weight excluding hydrogens is 236 g/mol. The Balaban J connectivity index is 2.26. The number of hydrogen-bond donors (Lipinski definition) is 1. The minimum absolute atomic E-state index is 0.221. The maximum atomic E-state index is 11.3. The second-order valence-electron chi connectivity index (χ2n) is 4.17. The smallest absolute Gasteiger partial charge is 0.151 e. The van der Waals surface area contributed by atoms with Crippen molar-refractivity contribution >= 4 is 9.84 Å². The SMILES string of the molecule is CCCn1ccc(CNCCS(=O)(=O)CC)c1. The van der Waals surface area contributed by atoms with Crippen LogP contribution in [0.25, 0.3) is 0 Å². The Morgan fingerprint density at radius 3 is 2.76 bits per heavy atom. The molecule has 0 saturated carbocycles. The van der Waals surface area contributed by atoms with Crippen molar-refractivity contribution in [3.05, 3.63) is 24.0 Å². The van der Waals surface area contributed by atoms with E-state index < -0.39 is 9.84 Å². The maximum absolute atomic E-state index is 11.3. The van der Waals surface area contributed by atoms with Crippen LogP contribution in [0.5, 0.6) is 0 Å². The van der Waals surface area contributed by atoms with E-state index in [1.54, 1.807) is 6.92 Å². The highest BCUT2D eigenvalue weighted by molar-refractivity contribution is 7.91. The minimum atomic E-state index is -2.85. The van der Waals surface area contributed by atoms with Crippen molar-refractivity contribution in [1.82, 2.24) is 9.88 Å². The Kier molecular flexibility index (Phi) is 5.71. The molecule has 1 aromatic rings. The molecule has 0 amide bonds. The number of hydrogen-bond acceptors (Lipinski definition) is 3. The molecule has 0 aliphatic heterocycles. The van der Waals surface area contributed by atoms with Crippen molar-refractivity contribution < 1.29 is 8.42 Å². The van der Waals surface area contributed by atoms with Gasteiger partial charge in [0.25, 0.3) is 0 Å². The first-order chi connectivity index (χ1) is 8.07. The van der Waals surface area contributed by atoms with Crippen LogP contribution in [-0.4, -0.2) is 31.0 Å². The topological polar surface area (TPSA) is 51.1 Å². The zero-order valence-electron chi connectivity index (χ0n) is 10.6. The number of aryl methyl sites for hydroxylation is 1. The number of nitrogens with one attached hydrogen (secondary N) is 1. The predicted molar refractivity (Wildman–Crippen MR) is 70.8 cm³/mol. The maximum Gasteiger partial charge on any atom is 0.151 e. The molecule has 0 bridgehead atoms. The first-order valence-corrected chi connectivity index (χ1v) is 7.95. The molecule has 5 heteroatoms. The summed E-state index contributed by atoms with van der Waals surface area (Å²) in [5.41, 5.74) is 1.20. The van der Waals surface area contributed by atoms with Gasteiger partial charge in [-0.05, 0) is 18.1 Å². The second kappa shape index (κ2) is 6.81. The molecule has 1 aromatic heterocycles. The lowest BCUT2D eigenvalue weighted by atomic mass is 10.3. The highest BCUT2D eigenvalue weighted by Crippen LogP contribution is 2.01. The Bertz CT molecular complexity index is 423. The van der Waals surface area contributed by atoms with Gasteiger partial charge in [0.05, 0.1) is 5.75 Å². The molecule has 0 aromatic carbocycles. The third-order valence-corrected chi connectivity index (χ3v) is 4.36. The van der Waals surface area contributed by atoms with Crippen molar-refractivity contribution in [2.24, 2.45) is 0 Å². The monoisotopic (exact) mass is 258 g/mol. The molecule has 98 valence electrons. The molecular formula is C12H22N2O2S. The van der Waals surface area contributed by atoms with E-state index in [1.807, 2.05) is 0 Å². The van der Waals surface area contributed by atoms with Gasteiger partial charge in [-0.2, -0.15) is 0 Å². The predicted octanol–water partition coefficient (Wildman–Crippen LogP) is 1.42. The summed E-state index contributed by atoms with van der Waals surface area (Å²) in [5.74, 6) is 0.445. The van der Waals surface area contributed by atoms with Crippen molar-refractivity contribution in [3.63, 3.8) is 0 Å². The van der Waals surface area contributed by atoms with E-state index >= 15 is 0 Å². The minimum Gasteiger partial charge on any atom is -0.354 e. The fourth-order valence-corrected chi connectivity index (χ4v) is 2.34. The van der Waals surface area contributed by atoms with Crippen LogP contribution in [0.2, 0.25) is 0 Å². The van der Waals surface area contributed by atoms with E-state index in [-0.39, 0.29) is 11.5 Å². The third kappa shape index (κ3) is 5.37. The molecule has 0 aliphatic rings. The number of rotatable bonds is 8. The van der Waals surface area contributed by atoms with Crippen molar-refractivity contribution in [2.75, 3.05) is 18.1 Å². The lowest BCUT2D eigenvalue weighted by Crippen LogP contribution is -2.23. The summed E-state index contributed by atoms with van der Waals surface area (Å²) in [5, 5.41) is 3.16. The Labute approximate surface area is 104 Å². The molecule has 0 fully saturated rings. The molecule has 0 radical (unpaired) electrons. The summed E-state index contributed by atoms with van der Waals surface area (Å²) < 4.78 is 24.7. The molecule has 1 heterocycles. The van der Waals surface area contributed by atoms with Crippen LogP contribution in [0.1, 0.15) is 25.8 Å². The van der Waals surface area contributed by atoms with Gasteiger partial charge in [-0.1, -0.05) is 13.8 Å². The normalized spacial score (nSPS) is 11.9. The zero-order chi connectivity index (χ0) is 12.7. The van der Waals surface area contributed by atoms with Crippen LogP contribution in [0.3, 0.4) is 0 Å². The summed E-state index contributed by atoms with van der Waals surface area (Å²) in [4.78, 5) is 0. The van der Waals surface area contributed by atoms with E-state index in [0.29, 0.717) is 6.54 Å². The molecule has 0 saturated heterocycles.